The van der Waals surface area contributed by atoms with Crippen molar-refractivity contribution in [1.82, 2.24) is 0 Å². The van der Waals surface area contributed by atoms with E-state index in [1.54, 1.807) is 0 Å². The smallest absolute Gasteiger partial charge is 2.00 e. The molecular formula is O3Sn2. The molecular weight excluding hydrogens is 285 g/mol. The topological polar surface area (TPSA) is 85.5 Å². The molecule has 3 nitrogen and oxygen atoms in total. The summed E-state index contributed by atoms with van der Waals surface area (Å²) in [5, 5.41) is 0. The molecule has 0 atom stereocenters. The first-order valence-corrected chi connectivity index (χ1v) is 0. The van der Waals surface area contributed by atoms with E-state index in [2.05, 4.69) is 0 Å². The second kappa shape index (κ2) is 50.3. The van der Waals surface area contributed by atoms with Gasteiger partial charge in [-0.2, -0.15) is 0 Å². The number of rotatable bonds is 0. The van der Waals surface area contributed by atoms with Crippen molar-refractivity contribution in [3.63, 3.8) is 0 Å². The van der Waals surface area contributed by atoms with Crippen molar-refractivity contribution in [3.05, 3.63) is 0 Å². The van der Waals surface area contributed by atoms with Gasteiger partial charge in [0.2, 0.25) is 0 Å². The Morgan fingerprint density at radius 3 is 0.600 bits per heavy atom. The third-order valence-electron chi connectivity index (χ3n) is 0. The first kappa shape index (κ1) is 89.0. The normalized spacial score (nSPS) is 0. The van der Waals surface area contributed by atoms with Crippen LogP contribution in [0, 0.1) is 0 Å². The van der Waals surface area contributed by atoms with Gasteiger partial charge in [-0.3, -0.25) is 0 Å². The molecule has 0 aromatic carbocycles. The fraction of sp³-hybridized carbons (Fsp3) is 0. The standard InChI is InChI=1S/3O.2Sn/q3*-2;+2;+4. The fourth-order valence-electron chi connectivity index (χ4n) is 0. The minimum Gasteiger partial charge on any atom is -2.00 e. The van der Waals surface area contributed by atoms with Crippen molar-refractivity contribution in [3.8, 4) is 0 Å². The quantitative estimate of drug-likeness (QED) is 0.505. The van der Waals surface area contributed by atoms with Gasteiger partial charge in [-0.15, -0.1) is 0 Å². The third-order valence-corrected chi connectivity index (χ3v) is 0. The minimum absolute atomic E-state index is 0. The van der Waals surface area contributed by atoms with Crippen LogP contribution in [0.5, 0.6) is 0 Å². The van der Waals surface area contributed by atoms with Gasteiger partial charge >= 0.3 is 47.8 Å². The molecule has 0 N–H and O–H groups in total. The fourth-order valence-corrected chi connectivity index (χ4v) is 0. The number of hydrogen-bond acceptors (Lipinski definition) is 0. The zero-order valence-electron chi connectivity index (χ0n) is 2.22. The van der Waals surface area contributed by atoms with Crippen molar-refractivity contribution >= 4 is 47.8 Å². The Bertz CT molecular complexity index is 4.85. The molecule has 0 aliphatic rings. The third kappa shape index (κ3) is 30.3. The molecule has 0 aliphatic heterocycles. The van der Waals surface area contributed by atoms with Crippen LogP contribution in [-0.2, 0) is 16.4 Å². The van der Waals surface area contributed by atoms with Crippen LogP contribution in [0.15, 0.2) is 0 Å². The minimum atomic E-state index is 0. The molecule has 0 heterocycles. The molecule has 0 aromatic heterocycles. The summed E-state index contributed by atoms with van der Waals surface area (Å²) in [5.41, 5.74) is 0. The zero-order chi connectivity index (χ0) is 0. The molecule has 26 valence electrons. The summed E-state index contributed by atoms with van der Waals surface area (Å²) in [6.07, 6.45) is 0. The number of hydrogen-bond donors (Lipinski definition) is 0. The van der Waals surface area contributed by atoms with Gasteiger partial charge in [-0.1, -0.05) is 0 Å². The van der Waals surface area contributed by atoms with Crippen molar-refractivity contribution < 1.29 is 16.4 Å². The van der Waals surface area contributed by atoms with E-state index in [4.69, 9.17) is 0 Å². The van der Waals surface area contributed by atoms with Gasteiger partial charge in [0.25, 0.3) is 0 Å². The second-order valence-corrected chi connectivity index (χ2v) is 0. The van der Waals surface area contributed by atoms with Crippen LogP contribution >= 0.6 is 0 Å². The summed E-state index contributed by atoms with van der Waals surface area (Å²) in [7, 11) is 0. The first-order chi connectivity index (χ1) is 0. The van der Waals surface area contributed by atoms with Gasteiger partial charge in [0.05, 0.1) is 0 Å². The predicted octanol–water partition coefficient (Wildman–Crippen LogP) is -1.12. The molecule has 0 fully saturated rings. The van der Waals surface area contributed by atoms with Gasteiger partial charge in [0.15, 0.2) is 0 Å². The Labute approximate surface area is 64.0 Å². The second-order valence-electron chi connectivity index (χ2n) is 0. The monoisotopic (exact) mass is 288 g/mol. The van der Waals surface area contributed by atoms with E-state index >= 15 is 0 Å². The molecule has 5 heteroatoms. The van der Waals surface area contributed by atoms with Crippen molar-refractivity contribution in [2.45, 2.75) is 0 Å². The van der Waals surface area contributed by atoms with Crippen LogP contribution < -0.4 is 0 Å². The van der Waals surface area contributed by atoms with E-state index in [-0.39, 0.29) is 64.2 Å². The molecule has 0 amide bonds. The van der Waals surface area contributed by atoms with Crippen LogP contribution in [0.4, 0.5) is 0 Å². The Morgan fingerprint density at radius 1 is 0.600 bits per heavy atom. The predicted molar refractivity (Wildman–Crippen MR) is 13.6 cm³/mol. The van der Waals surface area contributed by atoms with E-state index in [9.17, 15) is 0 Å². The van der Waals surface area contributed by atoms with Gasteiger partial charge < -0.3 is 16.4 Å². The van der Waals surface area contributed by atoms with Crippen LogP contribution in [0.2, 0.25) is 0 Å². The van der Waals surface area contributed by atoms with E-state index < -0.39 is 0 Å². The summed E-state index contributed by atoms with van der Waals surface area (Å²) in [6, 6.07) is 0. The summed E-state index contributed by atoms with van der Waals surface area (Å²) in [4.78, 5) is 0. The average Bonchev–Trinajstić information content (AvgIpc) is 0. The Morgan fingerprint density at radius 2 is 0.600 bits per heavy atom. The maximum atomic E-state index is 0. The molecule has 0 saturated carbocycles. The molecule has 0 bridgehead atoms. The van der Waals surface area contributed by atoms with Gasteiger partial charge in [0.1, 0.15) is 0 Å². The van der Waals surface area contributed by atoms with Gasteiger partial charge in [-0.25, -0.2) is 0 Å². The van der Waals surface area contributed by atoms with E-state index in [0.29, 0.717) is 0 Å². The molecule has 0 aliphatic carbocycles. The summed E-state index contributed by atoms with van der Waals surface area (Å²) in [6.45, 7) is 0. The summed E-state index contributed by atoms with van der Waals surface area (Å²) >= 11 is 0. The summed E-state index contributed by atoms with van der Waals surface area (Å²) in [5.74, 6) is 0. The molecule has 0 rings (SSSR count). The average molecular weight is 285 g/mol. The molecule has 5 heavy (non-hydrogen) atoms. The molecule has 0 aromatic rings. The van der Waals surface area contributed by atoms with Crippen LogP contribution in [0.3, 0.4) is 0 Å². The Balaban J connectivity index is 0. The van der Waals surface area contributed by atoms with Crippen molar-refractivity contribution in [1.29, 1.82) is 0 Å². The molecule has 2 radical (unpaired) electrons. The van der Waals surface area contributed by atoms with E-state index in [1.165, 1.54) is 0 Å². The SMILES string of the molecule is [O-2].[O-2].[O-2].[Sn+2].[Sn+4]. The summed E-state index contributed by atoms with van der Waals surface area (Å²) < 4.78 is 0. The molecule has 0 spiro atoms. The maximum Gasteiger partial charge on any atom is 4.00 e. The zero-order valence-corrected chi connectivity index (χ0v) is 7.93. The van der Waals surface area contributed by atoms with Crippen LogP contribution in [0.25, 0.3) is 0 Å². The van der Waals surface area contributed by atoms with Gasteiger partial charge in [0, 0.05) is 0 Å². The first-order valence-electron chi connectivity index (χ1n) is 0. The van der Waals surface area contributed by atoms with Crippen LogP contribution in [-0.4, -0.2) is 47.8 Å². The molecule has 0 unspecified atom stereocenters. The maximum absolute atomic E-state index is 0. The van der Waals surface area contributed by atoms with Crippen molar-refractivity contribution in [2.75, 3.05) is 0 Å². The van der Waals surface area contributed by atoms with E-state index in [1.807, 2.05) is 0 Å². The Kier molecular flexibility index (Phi) is 896. The van der Waals surface area contributed by atoms with Crippen LogP contribution in [0.1, 0.15) is 0 Å². The van der Waals surface area contributed by atoms with Crippen molar-refractivity contribution in [2.24, 2.45) is 0 Å². The molecule has 0 saturated heterocycles. The largest absolute Gasteiger partial charge is 4.00 e. The van der Waals surface area contributed by atoms with E-state index in [0.717, 1.165) is 0 Å². The van der Waals surface area contributed by atoms with Gasteiger partial charge in [-0.05, 0) is 0 Å². The Hall–Kier alpha value is 1.48.